The summed E-state index contributed by atoms with van der Waals surface area (Å²) in [5, 5.41) is 3.63. The van der Waals surface area contributed by atoms with Gasteiger partial charge in [0.05, 0.1) is 13.2 Å². The van der Waals surface area contributed by atoms with Gasteiger partial charge in [0, 0.05) is 29.3 Å². The zero-order valence-corrected chi connectivity index (χ0v) is 16.3. The van der Waals surface area contributed by atoms with Crippen molar-refractivity contribution in [3.8, 4) is 11.5 Å². The van der Waals surface area contributed by atoms with Gasteiger partial charge in [0.2, 0.25) is 0 Å². The van der Waals surface area contributed by atoms with E-state index < -0.39 is 0 Å². The highest BCUT2D eigenvalue weighted by molar-refractivity contribution is 6.31. The third-order valence-electron chi connectivity index (χ3n) is 4.58. The summed E-state index contributed by atoms with van der Waals surface area (Å²) in [6.07, 6.45) is 2.15. The molecule has 5 nitrogen and oxygen atoms in total. The maximum Gasteiger partial charge on any atom is 0.251 e. The Morgan fingerprint density at radius 1 is 1.30 bits per heavy atom. The average molecular weight is 390 g/mol. The lowest BCUT2D eigenvalue weighted by Gasteiger charge is -2.14. The summed E-state index contributed by atoms with van der Waals surface area (Å²) in [6.45, 7) is 3.52. The Labute approximate surface area is 164 Å². The first kappa shape index (κ1) is 19.5. The van der Waals surface area contributed by atoms with Gasteiger partial charge >= 0.3 is 0 Å². The highest BCUT2D eigenvalue weighted by atomic mass is 35.5. The van der Waals surface area contributed by atoms with Crippen molar-refractivity contribution in [1.82, 2.24) is 5.32 Å². The van der Waals surface area contributed by atoms with Gasteiger partial charge in [0.1, 0.15) is 18.1 Å². The lowest BCUT2D eigenvalue weighted by Crippen LogP contribution is -2.31. The molecular formula is C21H24ClNO4. The van der Waals surface area contributed by atoms with E-state index in [4.69, 9.17) is 25.8 Å². The van der Waals surface area contributed by atoms with Crippen LogP contribution in [0.1, 0.15) is 34.3 Å². The lowest BCUT2D eigenvalue weighted by molar-refractivity contribution is 0.0857. The maximum absolute atomic E-state index is 12.4. The number of ether oxygens (including phenoxy) is 3. The van der Waals surface area contributed by atoms with Crippen LogP contribution < -0.4 is 14.8 Å². The molecule has 1 atom stereocenters. The molecule has 1 amide bonds. The van der Waals surface area contributed by atoms with E-state index >= 15 is 0 Å². The number of halogens is 1. The van der Waals surface area contributed by atoms with Crippen LogP contribution in [-0.4, -0.2) is 32.3 Å². The topological polar surface area (TPSA) is 56.8 Å². The van der Waals surface area contributed by atoms with Crippen LogP contribution in [0.15, 0.2) is 36.4 Å². The number of hydrogen-bond acceptors (Lipinski definition) is 4. The fourth-order valence-corrected chi connectivity index (χ4v) is 3.13. The van der Waals surface area contributed by atoms with E-state index in [2.05, 4.69) is 5.32 Å². The first-order valence-corrected chi connectivity index (χ1v) is 9.40. The first-order chi connectivity index (χ1) is 13.1. The third kappa shape index (κ3) is 5.15. The minimum absolute atomic E-state index is 0.114. The second-order valence-electron chi connectivity index (χ2n) is 6.57. The Morgan fingerprint density at radius 2 is 2.15 bits per heavy atom. The van der Waals surface area contributed by atoms with Gasteiger partial charge in [0.15, 0.2) is 0 Å². The first-order valence-electron chi connectivity index (χ1n) is 9.02. The Balaban J connectivity index is 1.66. The van der Waals surface area contributed by atoms with Gasteiger partial charge in [-0.2, -0.15) is 0 Å². The number of benzene rings is 2. The summed E-state index contributed by atoms with van der Waals surface area (Å²) in [6, 6.07) is 10.8. The van der Waals surface area contributed by atoms with E-state index in [1.807, 2.05) is 19.1 Å². The molecule has 0 aromatic heterocycles. The Morgan fingerprint density at radius 3 is 2.85 bits per heavy atom. The predicted molar refractivity (Wildman–Crippen MR) is 105 cm³/mol. The molecule has 0 spiro atoms. The molecule has 0 radical (unpaired) electrons. The van der Waals surface area contributed by atoms with Crippen LogP contribution in [-0.2, 0) is 11.3 Å². The van der Waals surface area contributed by atoms with E-state index in [0.29, 0.717) is 28.6 Å². The number of carbonyl (C=O) groups is 1. The van der Waals surface area contributed by atoms with Crippen LogP contribution >= 0.6 is 11.6 Å². The van der Waals surface area contributed by atoms with Crippen LogP contribution in [0.5, 0.6) is 11.5 Å². The van der Waals surface area contributed by atoms with Crippen molar-refractivity contribution in [2.75, 3.05) is 20.3 Å². The monoisotopic (exact) mass is 389 g/mol. The lowest BCUT2D eigenvalue weighted by atomic mass is 10.1. The van der Waals surface area contributed by atoms with Crippen molar-refractivity contribution in [2.24, 2.45) is 0 Å². The summed E-state index contributed by atoms with van der Waals surface area (Å²) in [5.74, 6) is 1.26. The minimum Gasteiger partial charge on any atom is -0.496 e. The second-order valence-corrected chi connectivity index (χ2v) is 6.98. The van der Waals surface area contributed by atoms with E-state index in [9.17, 15) is 4.79 Å². The molecule has 1 saturated heterocycles. The molecule has 1 fully saturated rings. The Kier molecular flexibility index (Phi) is 6.58. The fourth-order valence-electron chi connectivity index (χ4n) is 3.01. The van der Waals surface area contributed by atoms with Gasteiger partial charge in [-0.25, -0.2) is 0 Å². The largest absolute Gasteiger partial charge is 0.496 e. The molecule has 1 aliphatic heterocycles. The van der Waals surface area contributed by atoms with E-state index in [1.165, 1.54) is 0 Å². The Bertz CT molecular complexity index is 803. The molecule has 144 valence electrons. The normalized spacial score (nSPS) is 16.2. The number of carbonyl (C=O) groups excluding carboxylic acids is 1. The molecule has 1 heterocycles. The van der Waals surface area contributed by atoms with Crippen molar-refractivity contribution >= 4 is 17.5 Å². The molecule has 3 rings (SSSR count). The summed E-state index contributed by atoms with van der Waals surface area (Å²) >= 11 is 6.05. The number of methoxy groups -OCH3 is 1. The van der Waals surface area contributed by atoms with Crippen molar-refractivity contribution in [2.45, 2.75) is 32.5 Å². The van der Waals surface area contributed by atoms with Crippen LogP contribution in [0.4, 0.5) is 0 Å². The molecule has 0 saturated carbocycles. The summed E-state index contributed by atoms with van der Waals surface area (Å²) < 4.78 is 16.8. The van der Waals surface area contributed by atoms with E-state index in [-0.39, 0.29) is 18.6 Å². The zero-order chi connectivity index (χ0) is 19.2. The van der Waals surface area contributed by atoms with E-state index in [0.717, 1.165) is 30.6 Å². The highest BCUT2D eigenvalue weighted by Crippen LogP contribution is 2.25. The Hall–Kier alpha value is -2.24. The summed E-state index contributed by atoms with van der Waals surface area (Å²) in [5.41, 5.74) is 2.32. The predicted octanol–water partition coefficient (Wildman–Crippen LogP) is 4.14. The highest BCUT2D eigenvalue weighted by Gasteiger charge is 2.17. The standard InChI is InChI=1S/C21H24ClNO4/c1-14-10-17(6-7-19(14)22)27-13-16-11-15(5-8-20(16)25-2)21(24)23-12-18-4-3-9-26-18/h5-8,10-11,18H,3-4,9,12-13H2,1-2H3,(H,23,24). The smallest absolute Gasteiger partial charge is 0.251 e. The van der Waals surface area contributed by atoms with Crippen molar-refractivity contribution in [1.29, 1.82) is 0 Å². The molecule has 2 aromatic carbocycles. The molecule has 0 aliphatic carbocycles. The van der Waals surface area contributed by atoms with Gasteiger partial charge in [0.25, 0.3) is 5.91 Å². The van der Waals surface area contributed by atoms with Crippen LogP contribution in [0.25, 0.3) is 0 Å². The zero-order valence-electron chi connectivity index (χ0n) is 15.6. The minimum atomic E-state index is -0.128. The molecular weight excluding hydrogens is 366 g/mol. The molecule has 1 aliphatic rings. The molecule has 6 heteroatoms. The molecule has 0 bridgehead atoms. The quantitative estimate of drug-likeness (QED) is 0.773. The van der Waals surface area contributed by atoms with Crippen LogP contribution in [0.3, 0.4) is 0 Å². The second kappa shape index (κ2) is 9.11. The maximum atomic E-state index is 12.4. The average Bonchev–Trinajstić information content (AvgIpc) is 3.20. The van der Waals surface area contributed by atoms with Gasteiger partial charge in [-0.3, -0.25) is 4.79 Å². The van der Waals surface area contributed by atoms with Crippen molar-refractivity contribution in [3.63, 3.8) is 0 Å². The van der Waals surface area contributed by atoms with Gasteiger partial charge in [-0.15, -0.1) is 0 Å². The van der Waals surface area contributed by atoms with Gasteiger partial charge in [-0.1, -0.05) is 11.6 Å². The molecule has 1 unspecified atom stereocenters. The van der Waals surface area contributed by atoms with Crippen LogP contribution in [0, 0.1) is 6.92 Å². The third-order valence-corrected chi connectivity index (χ3v) is 5.00. The summed E-state index contributed by atoms with van der Waals surface area (Å²) in [7, 11) is 1.60. The number of hydrogen-bond donors (Lipinski definition) is 1. The SMILES string of the molecule is COc1ccc(C(=O)NCC2CCCO2)cc1COc1ccc(Cl)c(C)c1. The van der Waals surface area contributed by atoms with Gasteiger partial charge in [-0.05, 0) is 61.7 Å². The van der Waals surface area contributed by atoms with Crippen LogP contribution in [0.2, 0.25) is 5.02 Å². The van der Waals surface area contributed by atoms with Crippen molar-refractivity contribution < 1.29 is 19.0 Å². The molecule has 27 heavy (non-hydrogen) atoms. The number of amides is 1. The molecule has 1 N–H and O–H groups in total. The number of aryl methyl sites for hydroxylation is 1. The van der Waals surface area contributed by atoms with Gasteiger partial charge < -0.3 is 19.5 Å². The fraction of sp³-hybridized carbons (Fsp3) is 0.381. The van der Waals surface area contributed by atoms with E-state index in [1.54, 1.807) is 31.4 Å². The van der Waals surface area contributed by atoms with Crippen molar-refractivity contribution in [3.05, 3.63) is 58.1 Å². The molecule has 2 aromatic rings. The number of rotatable bonds is 7. The number of nitrogens with one attached hydrogen (secondary N) is 1. The summed E-state index contributed by atoms with van der Waals surface area (Å²) in [4.78, 5) is 12.4.